The fraction of sp³-hybridized carbons (Fsp3) is 0.308. The number of likely N-dealkylation sites (tertiary alicyclic amines) is 1. The molecule has 0 spiro atoms. The molecule has 1 fully saturated rings. The predicted molar refractivity (Wildman–Crippen MR) is 145 cm³/mol. The lowest BCUT2D eigenvalue weighted by Gasteiger charge is -2.28. The van der Waals surface area contributed by atoms with E-state index in [1.807, 2.05) is 10.9 Å². The van der Waals surface area contributed by atoms with Crippen molar-refractivity contribution in [1.82, 2.24) is 44.3 Å². The molecule has 1 N–H and O–H groups in total. The first-order chi connectivity index (χ1) is 19.8. The number of alkyl halides is 2. The third kappa shape index (κ3) is 5.74. The molecular formula is C26H25ClF2N10O2. The summed E-state index contributed by atoms with van der Waals surface area (Å²) in [6, 6.07) is 6.17. The van der Waals surface area contributed by atoms with E-state index in [0.29, 0.717) is 11.3 Å². The van der Waals surface area contributed by atoms with Crippen LogP contribution >= 0.6 is 11.6 Å². The molecule has 1 aromatic carbocycles. The zero-order valence-corrected chi connectivity index (χ0v) is 22.6. The second kappa shape index (κ2) is 11.2. The fourth-order valence-electron chi connectivity index (χ4n) is 4.85. The molecule has 0 unspecified atom stereocenters. The molecule has 0 aliphatic carbocycles. The summed E-state index contributed by atoms with van der Waals surface area (Å²) < 4.78 is 36.1. The molecule has 5 heterocycles. The first-order valence-corrected chi connectivity index (χ1v) is 13.2. The van der Waals surface area contributed by atoms with Crippen molar-refractivity contribution in [3.63, 3.8) is 0 Å². The molecule has 0 bridgehead atoms. The van der Waals surface area contributed by atoms with Gasteiger partial charge in [-0.05, 0) is 57.2 Å². The van der Waals surface area contributed by atoms with E-state index in [0.717, 1.165) is 25.9 Å². The second-order valence-electron chi connectivity index (χ2n) is 9.73. The molecule has 4 aromatic heterocycles. The summed E-state index contributed by atoms with van der Waals surface area (Å²) in [5.74, 6) is -0.651. The Kier molecular flexibility index (Phi) is 7.32. The van der Waals surface area contributed by atoms with Gasteiger partial charge in [0.2, 0.25) is 0 Å². The highest BCUT2D eigenvalue weighted by molar-refractivity contribution is 6.31. The smallest absolute Gasteiger partial charge is 0.387 e. The Morgan fingerprint density at radius 3 is 2.88 bits per heavy atom. The first-order valence-electron chi connectivity index (χ1n) is 12.8. The van der Waals surface area contributed by atoms with Crippen LogP contribution in [0, 0.1) is 0 Å². The van der Waals surface area contributed by atoms with E-state index in [-0.39, 0.29) is 45.9 Å². The molecule has 0 saturated carbocycles. The summed E-state index contributed by atoms with van der Waals surface area (Å²) in [5, 5.41) is 20.5. The number of rotatable bonds is 8. The van der Waals surface area contributed by atoms with E-state index in [1.54, 1.807) is 29.3 Å². The van der Waals surface area contributed by atoms with Gasteiger partial charge in [0.15, 0.2) is 5.65 Å². The van der Waals surface area contributed by atoms with E-state index in [2.05, 4.69) is 42.8 Å². The van der Waals surface area contributed by atoms with Crippen molar-refractivity contribution in [3.05, 3.63) is 71.5 Å². The zero-order valence-electron chi connectivity index (χ0n) is 21.9. The number of benzene rings is 1. The quantitative estimate of drug-likeness (QED) is 0.291. The largest absolute Gasteiger partial charge is 0.434 e. The lowest BCUT2D eigenvalue weighted by Crippen LogP contribution is -2.31. The number of hydrogen-bond acceptors (Lipinski definition) is 8. The van der Waals surface area contributed by atoms with Crippen molar-refractivity contribution in [2.75, 3.05) is 25.5 Å². The van der Waals surface area contributed by atoms with Gasteiger partial charge in [0.1, 0.15) is 22.7 Å². The zero-order chi connectivity index (χ0) is 28.5. The number of halogens is 3. The van der Waals surface area contributed by atoms with Crippen molar-refractivity contribution in [3.8, 4) is 17.0 Å². The highest BCUT2D eigenvalue weighted by Crippen LogP contribution is 2.37. The normalized spacial score (nSPS) is 14.7. The Labute approximate surface area is 237 Å². The summed E-state index contributed by atoms with van der Waals surface area (Å²) in [5.41, 5.74) is 1.84. The van der Waals surface area contributed by atoms with Crippen molar-refractivity contribution in [2.24, 2.45) is 0 Å². The fourth-order valence-corrected chi connectivity index (χ4v) is 5.02. The summed E-state index contributed by atoms with van der Waals surface area (Å²) in [7, 11) is 2.10. The predicted octanol–water partition coefficient (Wildman–Crippen LogP) is 4.01. The van der Waals surface area contributed by atoms with Crippen LogP contribution in [-0.2, 0) is 6.54 Å². The molecule has 1 saturated heterocycles. The highest BCUT2D eigenvalue weighted by atomic mass is 35.5. The number of amides is 1. The van der Waals surface area contributed by atoms with Gasteiger partial charge in [-0.25, -0.2) is 14.2 Å². The Bertz CT molecular complexity index is 1690. The topological polar surface area (TPSA) is 120 Å². The molecule has 1 aliphatic heterocycles. The number of aromatic nitrogens is 8. The molecule has 212 valence electrons. The second-order valence-corrected chi connectivity index (χ2v) is 10.2. The van der Waals surface area contributed by atoms with E-state index in [4.69, 9.17) is 16.3 Å². The minimum Gasteiger partial charge on any atom is -0.434 e. The van der Waals surface area contributed by atoms with Gasteiger partial charge in [-0.3, -0.25) is 9.48 Å². The molecule has 1 amide bonds. The van der Waals surface area contributed by atoms with Crippen LogP contribution in [0.5, 0.6) is 5.75 Å². The van der Waals surface area contributed by atoms with Crippen LogP contribution < -0.4 is 10.1 Å². The maximum absolute atomic E-state index is 13.3. The standard InChI is InChI=1S/C26H25ClF2N10O2/c1-36-9-5-18(6-10-36)39-14-17(33-35-39)13-37-15-21(32-25(40)20-12-31-38-8-2-7-30-24(20)38)23(34-37)19-11-16(27)3-4-22(19)41-26(28)29/h2-4,7-8,11-12,14-15,18,26H,5-6,9-10,13H2,1H3,(H,32,40). The number of anilines is 1. The Balaban J connectivity index is 1.34. The van der Waals surface area contributed by atoms with Gasteiger partial charge in [-0.15, -0.1) is 5.10 Å². The molecule has 41 heavy (non-hydrogen) atoms. The SMILES string of the molecule is CN1CCC(n2cc(Cn3cc(NC(=O)c4cnn5cccnc45)c(-c4cc(Cl)ccc4OC(F)F)n3)nn2)CC1. The number of fused-ring (bicyclic) bond motifs is 1. The van der Waals surface area contributed by atoms with Crippen LogP contribution in [0.3, 0.4) is 0 Å². The van der Waals surface area contributed by atoms with Gasteiger partial charge >= 0.3 is 6.61 Å². The molecular weight excluding hydrogens is 558 g/mol. The number of carbonyl (C=O) groups excluding carboxylic acids is 1. The van der Waals surface area contributed by atoms with E-state index < -0.39 is 12.5 Å². The van der Waals surface area contributed by atoms with Crippen LogP contribution in [0.15, 0.2) is 55.2 Å². The number of hydrogen-bond donors (Lipinski definition) is 1. The highest BCUT2D eigenvalue weighted by Gasteiger charge is 2.23. The number of carbonyl (C=O) groups is 1. The summed E-state index contributed by atoms with van der Waals surface area (Å²) in [6.07, 6.45) is 10.0. The van der Waals surface area contributed by atoms with E-state index >= 15 is 0 Å². The first kappa shape index (κ1) is 26.8. The molecule has 15 heteroatoms. The van der Waals surface area contributed by atoms with Gasteiger partial charge in [0.25, 0.3) is 5.91 Å². The average Bonchev–Trinajstić information content (AvgIpc) is 3.69. The van der Waals surface area contributed by atoms with Crippen LogP contribution in [0.2, 0.25) is 5.02 Å². The van der Waals surface area contributed by atoms with Crippen molar-refractivity contribution >= 4 is 28.8 Å². The minimum atomic E-state index is -3.07. The van der Waals surface area contributed by atoms with Crippen LogP contribution in [-0.4, -0.2) is 76.9 Å². The third-order valence-corrected chi connectivity index (χ3v) is 7.13. The van der Waals surface area contributed by atoms with E-state index in [9.17, 15) is 13.6 Å². The van der Waals surface area contributed by atoms with Crippen molar-refractivity contribution in [2.45, 2.75) is 32.0 Å². The van der Waals surface area contributed by atoms with Gasteiger partial charge in [0, 0.05) is 29.2 Å². The number of nitrogens with zero attached hydrogens (tertiary/aromatic N) is 9. The van der Waals surface area contributed by atoms with Crippen LogP contribution in [0.1, 0.15) is 34.9 Å². The molecule has 6 rings (SSSR count). The molecule has 1 aliphatic rings. The number of nitrogens with one attached hydrogen (secondary N) is 1. The van der Waals surface area contributed by atoms with Gasteiger partial charge in [-0.2, -0.15) is 19.0 Å². The Morgan fingerprint density at radius 2 is 2.07 bits per heavy atom. The minimum absolute atomic E-state index is 0.143. The Morgan fingerprint density at radius 1 is 1.24 bits per heavy atom. The molecule has 5 aromatic rings. The van der Waals surface area contributed by atoms with Crippen molar-refractivity contribution < 1.29 is 18.3 Å². The number of piperidine rings is 1. The maximum atomic E-state index is 13.3. The average molecular weight is 583 g/mol. The molecule has 0 radical (unpaired) electrons. The van der Waals surface area contributed by atoms with Gasteiger partial charge in [-0.1, -0.05) is 16.8 Å². The van der Waals surface area contributed by atoms with Gasteiger partial charge < -0.3 is 15.0 Å². The lowest BCUT2D eigenvalue weighted by molar-refractivity contribution is -0.0494. The molecule has 12 nitrogen and oxygen atoms in total. The third-order valence-electron chi connectivity index (χ3n) is 6.89. The Hall–Kier alpha value is -4.43. The monoisotopic (exact) mass is 582 g/mol. The lowest BCUT2D eigenvalue weighted by atomic mass is 10.1. The van der Waals surface area contributed by atoms with Crippen LogP contribution in [0.25, 0.3) is 16.9 Å². The maximum Gasteiger partial charge on any atom is 0.387 e. The summed E-state index contributed by atoms with van der Waals surface area (Å²) in [4.78, 5) is 19.8. The van der Waals surface area contributed by atoms with Crippen molar-refractivity contribution in [1.29, 1.82) is 0 Å². The van der Waals surface area contributed by atoms with Gasteiger partial charge in [0.05, 0.1) is 30.7 Å². The van der Waals surface area contributed by atoms with Crippen LogP contribution in [0.4, 0.5) is 14.5 Å². The molecule has 0 atom stereocenters. The summed E-state index contributed by atoms with van der Waals surface area (Å²) >= 11 is 6.22. The number of ether oxygens (including phenoxy) is 1. The van der Waals surface area contributed by atoms with E-state index in [1.165, 1.54) is 28.9 Å². The summed E-state index contributed by atoms with van der Waals surface area (Å²) in [6.45, 7) is -0.888.